The molecular weight excluding hydrogens is 434 g/mol. The first-order valence-electron chi connectivity index (χ1n) is 9.39. The van der Waals surface area contributed by atoms with E-state index in [0.29, 0.717) is 17.4 Å². The van der Waals surface area contributed by atoms with Crippen LogP contribution in [0.25, 0.3) is 10.9 Å². The number of aromatic nitrogens is 2. The number of nitrogens with one attached hydrogen (secondary N) is 1. The zero-order chi connectivity index (χ0) is 21.3. The van der Waals surface area contributed by atoms with Crippen LogP contribution in [0.1, 0.15) is 13.8 Å². The van der Waals surface area contributed by atoms with Gasteiger partial charge in [0.25, 0.3) is 5.95 Å². The minimum atomic E-state index is -0.416. The molecule has 2 aliphatic carbocycles. The van der Waals surface area contributed by atoms with Gasteiger partial charge in [-0.15, -0.1) is 0 Å². The molecule has 31 heavy (non-hydrogen) atoms. The van der Waals surface area contributed by atoms with Gasteiger partial charge in [-0.2, -0.15) is 4.98 Å². The summed E-state index contributed by atoms with van der Waals surface area (Å²) in [6.07, 6.45) is 18.0. The Labute approximate surface area is 195 Å². The van der Waals surface area contributed by atoms with Crippen LogP contribution in [0.3, 0.4) is 0 Å². The molecule has 0 spiro atoms. The number of anilines is 1. The van der Waals surface area contributed by atoms with Crippen molar-refractivity contribution in [1.82, 2.24) is 9.97 Å². The van der Waals surface area contributed by atoms with Crippen molar-refractivity contribution >= 4 is 40.2 Å². The first-order chi connectivity index (χ1) is 14.5. The van der Waals surface area contributed by atoms with Gasteiger partial charge in [0.15, 0.2) is 5.82 Å². The number of hydrogen-bond acceptors (Lipinski definition) is 7. The Balaban J connectivity index is 0.000000501. The average Bonchev–Trinajstić information content (AvgIpc) is 3.42. The fourth-order valence-electron chi connectivity index (χ4n) is 2.69. The molecule has 0 unspecified atom stereocenters. The quantitative estimate of drug-likeness (QED) is 0.423. The molecule has 0 bridgehead atoms. The molecule has 1 aromatic heterocycles. The molecule has 2 aromatic rings. The summed E-state index contributed by atoms with van der Waals surface area (Å²) in [6.45, 7) is 3.33. The number of benzene rings is 1. The van der Waals surface area contributed by atoms with Crippen LogP contribution in [0, 0.1) is 63.7 Å². The predicted molar refractivity (Wildman–Crippen MR) is 116 cm³/mol. The molecule has 10 radical (unpaired) electrons. The van der Waals surface area contributed by atoms with E-state index < -0.39 is 5.90 Å². The molecule has 0 saturated heterocycles. The fraction of sp³-hybridized carbons (Fsp3) is 0.130. The Morgan fingerprint density at radius 2 is 1.48 bits per heavy atom. The molecule has 1 N–H and O–H groups in total. The summed E-state index contributed by atoms with van der Waals surface area (Å²) in [5.41, 5.74) is 1.42. The standard InChI is InChI=1S/C18H18N5O2.C5H5.Fe/c1-11(24)20-17-15-9-14(19-10-13-5-3-4-6-13)7-8-16(15)22-18(23-17)21-12(2)25;1-2-4-5-3-1;/h3-9,19H,10H2,1-2H3,(H2,20,21,22,23,24,25);1-5H;/q;;+2/p-2. The summed E-state index contributed by atoms with van der Waals surface area (Å²) in [4.78, 5) is 16.0. The van der Waals surface area contributed by atoms with Crippen molar-refractivity contribution in [3.63, 3.8) is 0 Å². The first kappa shape index (κ1) is 25.1. The number of fused-ring (bicyclic) bond motifs is 1. The molecule has 4 rings (SSSR count). The normalized spacial score (nSPS) is 17.2. The van der Waals surface area contributed by atoms with Gasteiger partial charge in [0.05, 0.1) is 5.52 Å². The van der Waals surface area contributed by atoms with Gasteiger partial charge >= 0.3 is 17.1 Å². The molecule has 1 aromatic carbocycles. The Hall–Kier alpha value is -2.18. The van der Waals surface area contributed by atoms with E-state index in [-0.39, 0.29) is 34.7 Å². The van der Waals surface area contributed by atoms with E-state index in [4.69, 9.17) is 0 Å². The van der Waals surface area contributed by atoms with Gasteiger partial charge in [-0.3, -0.25) is 0 Å². The molecule has 0 atom stereocenters. The smallest absolute Gasteiger partial charge is 0.862 e. The monoisotopic (exact) mass is 455 g/mol. The second-order valence-electron chi connectivity index (χ2n) is 6.45. The van der Waals surface area contributed by atoms with E-state index in [9.17, 15) is 10.2 Å². The second-order valence-corrected chi connectivity index (χ2v) is 6.45. The summed E-state index contributed by atoms with van der Waals surface area (Å²) >= 11 is 0. The van der Waals surface area contributed by atoms with Gasteiger partial charge in [-0.1, -0.05) is 0 Å². The van der Waals surface area contributed by atoms with Crippen molar-refractivity contribution in [3.05, 3.63) is 81.9 Å². The zero-order valence-electron chi connectivity index (χ0n) is 17.1. The second kappa shape index (κ2) is 12.6. The zero-order valence-corrected chi connectivity index (χ0v) is 18.2. The predicted octanol–water partition coefficient (Wildman–Crippen LogP) is 2.29. The van der Waals surface area contributed by atoms with Gasteiger partial charge in [-0.05, 0) is 102 Å². The number of hydrogen-bond donors (Lipinski definition) is 1. The van der Waals surface area contributed by atoms with E-state index in [0.717, 1.165) is 5.69 Å². The number of rotatable bonds is 5. The van der Waals surface area contributed by atoms with E-state index in [2.05, 4.69) is 25.3 Å². The largest absolute Gasteiger partial charge is 2.00 e. The molecule has 7 nitrogen and oxygen atoms in total. The Kier molecular flexibility index (Phi) is 10.2. The summed E-state index contributed by atoms with van der Waals surface area (Å²) in [6, 6.07) is 5.48. The third-order valence-electron chi connectivity index (χ3n) is 3.97. The summed E-state index contributed by atoms with van der Waals surface area (Å²) in [5.74, 6) is 0.567. The van der Waals surface area contributed by atoms with Crippen molar-refractivity contribution in [3.8, 4) is 0 Å². The van der Waals surface area contributed by atoms with Crippen LogP contribution in [0.5, 0.6) is 0 Å². The van der Waals surface area contributed by atoms with Crippen LogP contribution in [0.2, 0.25) is 0 Å². The minimum Gasteiger partial charge on any atom is -0.862 e. The van der Waals surface area contributed by atoms with E-state index >= 15 is 0 Å². The summed E-state index contributed by atoms with van der Waals surface area (Å²) in [5, 5.41) is 26.5. The van der Waals surface area contributed by atoms with E-state index in [1.165, 1.54) is 19.8 Å². The van der Waals surface area contributed by atoms with Gasteiger partial charge in [-0.25, -0.2) is 15.0 Å². The van der Waals surface area contributed by atoms with Crippen molar-refractivity contribution < 1.29 is 27.3 Å². The molecular formula is C23H21FeN5O2. The Morgan fingerprint density at radius 3 is 2.06 bits per heavy atom. The average molecular weight is 455 g/mol. The van der Waals surface area contributed by atoms with Crippen LogP contribution in [-0.2, 0) is 17.1 Å². The molecule has 2 aliphatic rings. The first-order valence-corrected chi connectivity index (χ1v) is 9.39. The van der Waals surface area contributed by atoms with Crippen molar-refractivity contribution in [2.24, 2.45) is 9.98 Å². The number of aliphatic imine (C=N–C) groups is 2. The molecule has 0 amide bonds. The van der Waals surface area contributed by atoms with Crippen LogP contribution in [0.4, 0.5) is 17.5 Å². The van der Waals surface area contributed by atoms with Crippen LogP contribution in [-0.4, -0.2) is 28.3 Å². The van der Waals surface area contributed by atoms with Gasteiger partial charge < -0.3 is 15.5 Å². The molecule has 158 valence electrons. The molecule has 0 aliphatic heterocycles. The van der Waals surface area contributed by atoms with Gasteiger partial charge in [0.1, 0.15) is 0 Å². The maximum absolute atomic E-state index is 11.4. The molecule has 8 heteroatoms. The third-order valence-corrected chi connectivity index (χ3v) is 3.97. The topological polar surface area (TPSA) is 109 Å². The molecule has 2 saturated carbocycles. The molecule has 1 heterocycles. The van der Waals surface area contributed by atoms with Crippen LogP contribution in [0.15, 0.2) is 28.2 Å². The van der Waals surface area contributed by atoms with Crippen LogP contribution >= 0.6 is 0 Å². The van der Waals surface area contributed by atoms with Gasteiger partial charge in [0, 0.05) is 23.5 Å². The third kappa shape index (κ3) is 8.11. The number of nitrogens with zero attached hydrogens (tertiary/aromatic N) is 4. The fourth-order valence-corrected chi connectivity index (χ4v) is 2.69. The molecule has 2 fully saturated rings. The summed E-state index contributed by atoms with van der Waals surface area (Å²) in [7, 11) is 0. The maximum Gasteiger partial charge on any atom is 2.00 e. The summed E-state index contributed by atoms with van der Waals surface area (Å²) < 4.78 is 0. The minimum absolute atomic E-state index is 0. The van der Waals surface area contributed by atoms with E-state index in [1.54, 1.807) is 6.07 Å². The van der Waals surface area contributed by atoms with Gasteiger partial charge in [0.2, 0.25) is 0 Å². The SMILES string of the molecule is CC([O-])=Nc1nc(/N=C(/C)[O-])nc2ccc(NC[C]3[CH][CH][CH][CH]3)cc12.[CH]1[CH][CH][CH][CH]1.[Fe+2]. The maximum atomic E-state index is 11.4. The Bertz CT molecular complexity index is 891. The Morgan fingerprint density at radius 1 is 0.871 bits per heavy atom. The van der Waals surface area contributed by atoms with Crippen LogP contribution < -0.4 is 15.5 Å². The van der Waals surface area contributed by atoms with Crippen molar-refractivity contribution in [1.29, 1.82) is 0 Å². The van der Waals surface area contributed by atoms with Crippen molar-refractivity contribution in [2.75, 3.05) is 11.9 Å². The van der Waals surface area contributed by atoms with E-state index in [1.807, 2.05) is 69.9 Å². The van der Waals surface area contributed by atoms with Crippen molar-refractivity contribution in [2.45, 2.75) is 13.8 Å².